The zero-order chi connectivity index (χ0) is 19.4. The molecule has 0 aliphatic rings. The highest BCUT2D eigenvalue weighted by atomic mass is 32.1. The van der Waals surface area contributed by atoms with Gasteiger partial charge in [-0.1, -0.05) is 83.7 Å². The number of aliphatic hydroxyl groups excluding tert-OH is 1. The van der Waals surface area contributed by atoms with Crippen LogP contribution < -0.4 is 9.67 Å². The van der Waals surface area contributed by atoms with Crippen LogP contribution in [0, 0.1) is 6.92 Å². The van der Waals surface area contributed by atoms with Crippen molar-refractivity contribution in [1.29, 1.82) is 0 Å². The van der Waals surface area contributed by atoms with Crippen LogP contribution in [0.4, 0.5) is 0 Å². The van der Waals surface area contributed by atoms with Gasteiger partial charge >= 0.3 is 0 Å². The van der Waals surface area contributed by atoms with E-state index < -0.39 is 11.7 Å². The third kappa shape index (κ3) is 3.56. The molecule has 0 amide bonds. The Morgan fingerprint density at radius 1 is 1.07 bits per heavy atom. The van der Waals surface area contributed by atoms with E-state index in [1.165, 1.54) is 11.3 Å². The van der Waals surface area contributed by atoms with Crippen molar-refractivity contribution < 1.29 is 19.9 Å². The molecule has 3 rings (SSSR count). The van der Waals surface area contributed by atoms with Gasteiger partial charge in [-0.3, -0.25) is 0 Å². The highest BCUT2D eigenvalue weighted by Gasteiger charge is 2.45. The van der Waals surface area contributed by atoms with Crippen LogP contribution in [-0.2, 0) is 18.6 Å². The van der Waals surface area contributed by atoms with Crippen molar-refractivity contribution in [3.8, 4) is 0 Å². The molecular formula is C22H25NO3S. The Kier molecular flexibility index (Phi) is 6.07. The molecule has 4 nitrogen and oxygen atoms in total. The van der Waals surface area contributed by atoms with Gasteiger partial charge in [0, 0.05) is 20.0 Å². The van der Waals surface area contributed by atoms with Gasteiger partial charge < -0.3 is 15.3 Å². The second-order valence-electron chi connectivity index (χ2n) is 6.56. The standard InChI is InChI=1S/C22H25NO3S/c1-3-23-16(2)19(14-15-24)27-21(23)22(26,18-12-8-5-9-13-18)20(25)17-10-6-4-7-11-17/h4-13,20,24,26H,3,14-15H2,1-2H3. The Labute approximate surface area is 164 Å². The third-order valence-corrected chi connectivity index (χ3v) is 6.42. The quantitative estimate of drug-likeness (QED) is 0.615. The molecular weight excluding hydrogens is 358 g/mol. The summed E-state index contributed by atoms with van der Waals surface area (Å²) in [4.78, 5) is 0.990. The number of aromatic nitrogens is 1. The predicted octanol–water partition coefficient (Wildman–Crippen LogP) is 2.24. The lowest BCUT2D eigenvalue weighted by Gasteiger charge is -2.38. The minimum atomic E-state index is -1.71. The van der Waals surface area contributed by atoms with E-state index in [2.05, 4.69) is 0 Å². The van der Waals surface area contributed by atoms with Crippen LogP contribution >= 0.6 is 11.3 Å². The molecule has 2 aromatic carbocycles. The topological polar surface area (TPSA) is 67.4 Å². The largest absolute Gasteiger partial charge is 0.846 e. The Balaban J connectivity index is 2.24. The van der Waals surface area contributed by atoms with Gasteiger partial charge in [-0.15, -0.1) is 0 Å². The summed E-state index contributed by atoms with van der Waals surface area (Å²) in [5.74, 6) is 0. The minimum absolute atomic E-state index is 0.0355. The first-order valence-electron chi connectivity index (χ1n) is 9.16. The molecule has 0 fully saturated rings. The number of rotatable bonds is 7. The fourth-order valence-corrected chi connectivity index (χ4v) is 4.94. The smallest absolute Gasteiger partial charge is 0.273 e. The molecule has 0 bridgehead atoms. The molecule has 0 spiro atoms. The van der Waals surface area contributed by atoms with Gasteiger partial charge in [-0.25, -0.2) is 0 Å². The minimum Gasteiger partial charge on any atom is -0.846 e. The van der Waals surface area contributed by atoms with E-state index in [1.54, 1.807) is 24.3 Å². The highest BCUT2D eigenvalue weighted by molar-refractivity contribution is 7.11. The molecule has 0 aliphatic heterocycles. The predicted molar refractivity (Wildman–Crippen MR) is 104 cm³/mol. The summed E-state index contributed by atoms with van der Waals surface area (Å²) in [7, 11) is 0. The lowest BCUT2D eigenvalue weighted by Crippen LogP contribution is -2.51. The fourth-order valence-electron chi connectivity index (χ4n) is 3.49. The molecule has 0 aliphatic carbocycles. The second kappa shape index (κ2) is 8.31. The first-order chi connectivity index (χ1) is 13.0. The van der Waals surface area contributed by atoms with Gasteiger partial charge in [-0.2, -0.15) is 4.57 Å². The van der Waals surface area contributed by atoms with Crippen LogP contribution in [0.2, 0.25) is 0 Å². The van der Waals surface area contributed by atoms with E-state index in [-0.39, 0.29) is 6.61 Å². The van der Waals surface area contributed by atoms with Crippen molar-refractivity contribution in [3.05, 3.63) is 87.4 Å². The summed E-state index contributed by atoms with van der Waals surface area (Å²) in [6.07, 6.45) is -0.866. The summed E-state index contributed by atoms with van der Waals surface area (Å²) in [6.45, 7) is 4.65. The van der Waals surface area contributed by atoms with E-state index in [9.17, 15) is 15.3 Å². The van der Waals surface area contributed by atoms with Crippen molar-refractivity contribution in [1.82, 2.24) is 0 Å². The van der Waals surface area contributed by atoms with E-state index in [4.69, 9.17) is 0 Å². The van der Waals surface area contributed by atoms with Crippen LogP contribution in [0.5, 0.6) is 0 Å². The van der Waals surface area contributed by atoms with E-state index in [0.29, 0.717) is 29.1 Å². The first kappa shape index (κ1) is 19.7. The van der Waals surface area contributed by atoms with Crippen molar-refractivity contribution in [2.45, 2.75) is 38.5 Å². The lowest BCUT2D eigenvalue weighted by atomic mass is 9.84. The molecule has 2 N–H and O–H groups in total. The van der Waals surface area contributed by atoms with Crippen LogP contribution in [-0.4, -0.2) is 16.8 Å². The monoisotopic (exact) mass is 383 g/mol. The Morgan fingerprint density at radius 2 is 1.67 bits per heavy atom. The zero-order valence-electron chi connectivity index (χ0n) is 15.6. The molecule has 2 atom stereocenters. The van der Waals surface area contributed by atoms with Crippen molar-refractivity contribution in [3.63, 3.8) is 0 Å². The van der Waals surface area contributed by atoms with Crippen LogP contribution in [0.1, 0.15) is 39.7 Å². The SMILES string of the molecule is CC[n+]1c(C(O)(c2ccccc2)C([O-])c2ccccc2)sc(CCO)c1C. The normalized spacial score (nSPS) is 14.7. The fraction of sp³-hybridized carbons (Fsp3) is 0.318. The average Bonchev–Trinajstić information content (AvgIpc) is 3.04. The summed E-state index contributed by atoms with van der Waals surface area (Å²) in [5, 5.41) is 35.5. The molecule has 0 radical (unpaired) electrons. The molecule has 3 aromatic rings. The molecule has 0 saturated carbocycles. The molecule has 0 saturated heterocycles. The van der Waals surface area contributed by atoms with Crippen molar-refractivity contribution >= 4 is 11.3 Å². The molecule has 142 valence electrons. The lowest BCUT2D eigenvalue weighted by molar-refractivity contribution is -0.710. The highest BCUT2D eigenvalue weighted by Crippen LogP contribution is 2.41. The number of hydrogen-bond donors (Lipinski definition) is 2. The maximum Gasteiger partial charge on any atom is 0.273 e. The Bertz CT molecular complexity index is 879. The summed E-state index contributed by atoms with van der Waals surface area (Å²) < 4.78 is 2.00. The summed E-state index contributed by atoms with van der Waals surface area (Å²) >= 11 is 1.41. The molecule has 1 aromatic heterocycles. The molecule has 5 heteroatoms. The first-order valence-corrected chi connectivity index (χ1v) is 9.97. The summed E-state index contributed by atoms with van der Waals surface area (Å²) in [6, 6.07) is 18.2. The number of thiazole rings is 1. The van der Waals surface area contributed by atoms with Crippen LogP contribution in [0.3, 0.4) is 0 Å². The number of aliphatic hydroxyl groups is 2. The number of hydrogen-bond acceptors (Lipinski definition) is 4. The van der Waals surface area contributed by atoms with Crippen LogP contribution in [0.25, 0.3) is 0 Å². The molecule has 1 heterocycles. The number of benzene rings is 2. The van der Waals surface area contributed by atoms with Gasteiger partial charge in [-0.05, 0) is 12.5 Å². The van der Waals surface area contributed by atoms with Crippen molar-refractivity contribution in [2.24, 2.45) is 0 Å². The third-order valence-electron chi connectivity index (χ3n) is 4.95. The molecule has 2 unspecified atom stereocenters. The van der Waals surface area contributed by atoms with Gasteiger partial charge in [0.25, 0.3) is 5.01 Å². The van der Waals surface area contributed by atoms with E-state index in [0.717, 1.165) is 10.6 Å². The maximum absolute atomic E-state index is 13.6. The van der Waals surface area contributed by atoms with Crippen LogP contribution in [0.15, 0.2) is 60.7 Å². The Morgan fingerprint density at radius 3 is 2.22 bits per heavy atom. The molecule has 27 heavy (non-hydrogen) atoms. The zero-order valence-corrected chi connectivity index (χ0v) is 16.4. The van der Waals surface area contributed by atoms with Crippen molar-refractivity contribution in [2.75, 3.05) is 6.61 Å². The average molecular weight is 384 g/mol. The van der Waals surface area contributed by atoms with Gasteiger partial charge in [0.1, 0.15) is 6.54 Å². The van der Waals surface area contributed by atoms with Gasteiger partial charge in [0.05, 0.1) is 4.88 Å². The number of nitrogens with zero attached hydrogens (tertiary/aromatic N) is 1. The van der Waals surface area contributed by atoms with Gasteiger partial charge in [0.15, 0.2) is 11.3 Å². The second-order valence-corrected chi connectivity index (χ2v) is 7.64. The maximum atomic E-state index is 13.6. The van der Waals surface area contributed by atoms with E-state index >= 15 is 0 Å². The van der Waals surface area contributed by atoms with Gasteiger partial charge in [0.2, 0.25) is 0 Å². The Hall–Kier alpha value is -2.05. The van der Waals surface area contributed by atoms with E-state index in [1.807, 2.05) is 54.8 Å². The summed E-state index contributed by atoms with van der Waals surface area (Å²) in [5.41, 5.74) is 0.400.